The van der Waals surface area contributed by atoms with Crippen LogP contribution in [0, 0.1) is 11.3 Å². The number of thiophene rings is 1. The molecule has 0 saturated carbocycles. The van der Waals surface area contributed by atoms with Crippen molar-refractivity contribution in [2.45, 2.75) is 4.90 Å². The molecule has 0 radical (unpaired) electrons. The molecule has 1 heterocycles. The summed E-state index contributed by atoms with van der Waals surface area (Å²) in [6, 6.07) is 13.9. The summed E-state index contributed by atoms with van der Waals surface area (Å²) in [6.45, 7) is 0. The van der Waals surface area contributed by atoms with Gasteiger partial charge in [0, 0.05) is 9.77 Å². The number of hydrogen-bond donors (Lipinski definition) is 0. The number of halogens is 1. The molecule has 0 N–H and O–H groups in total. The number of nitrogens with zero attached hydrogens (tertiary/aromatic N) is 1. The van der Waals surface area contributed by atoms with Crippen molar-refractivity contribution in [3.05, 3.63) is 52.2 Å². The van der Waals surface area contributed by atoms with Crippen molar-refractivity contribution in [1.82, 2.24) is 0 Å². The van der Waals surface area contributed by atoms with E-state index in [0.717, 1.165) is 10.4 Å². The predicted octanol–water partition coefficient (Wildman–Crippen LogP) is 5.10. The van der Waals surface area contributed by atoms with Crippen molar-refractivity contribution in [2.75, 3.05) is 6.26 Å². The van der Waals surface area contributed by atoms with Gasteiger partial charge < -0.3 is 0 Å². The molecule has 18 heavy (non-hydrogen) atoms. The molecular formula is C14H10ClNS2. The van der Waals surface area contributed by atoms with Gasteiger partial charge in [-0.15, -0.1) is 23.1 Å². The second-order valence-electron chi connectivity index (χ2n) is 3.51. The highest BCUT2D eigenvalue weighted by Gasteiger charge is 2.10. The van der Waals surface area contributed by atoms with Crippen LogP contribution in [0.3, 0.4) is 0 Å². The van der Waals surface area contributed by atoms with Crippen molar-refractivity contribution in [1.29, 1.82) is 5.26 Å². The monoisotopic (exact) mass is 291 g/mol. The zero-order chi connectivity index (χ0) is 13.0. The zero-order valence-corrected chi connectivity index (χ0v) is 12.1. The molecule has 0 amide bonds. The highest BCUT2D eigenvalue weighted by atomic mass is 35.5. The van der Waals surface area contributed by atoms with Crippen molar-refractivity contribution in [3.8, 4) is 6.07 Å². The molecule has 0 atom stereocenters. The van der Waals surface area contributed by atoms with Gasteiger partial charge in [-0.25, -0.2) is 0 Å². The van der Waals surface area contributed by atoms with Crippen LogP contribution in [0.4, 0.5) is 0 Å². The van der Waals surface area contributed by atoms with E-state index < -0.39 is 0 Å². The molecule has 1 aromatic heterocycles. The van der Waals surface area contributed by atoms with Crippen LogP contribution in [0.5, 0.6) is 0 Å². The summed E-state index contributed by atoms with van der Waals surface area (Å²) in [5.74, 6) is 0. The predicted molar refractivity (Wildman–Crippen MR) is 80.8 cm³/mol. The lowest BCUT2D eigenvalue weighted by Crippen LogP contribution is -1.83. The van der Waals surface area contributed by atoms with E-state index in [0.29, 0.717) is 10.6 Å². The summed E-state index contributed by atoms with van der Waals surface area (Å²) < 4.78 is 0. The van der Waals surface area contributed by atoms with Crippen molar-refractivity contribution in [3.63, 3.8) is 0 Å². The molecule has 0 aliphatic carbocycles. The Morgan fingerprint density at radius 1 is 1.28 bits per heavy atom. The van der Waals surface area contributed by atoms with Crippen LogP contribution in [0.2, 0.25) is 0 Å². The van der Waals surface area contributed by atoms with Crippen molar-refractivity contribution in [2.24, 2.45) is 0 Å². The summed E-state index contributed by atoms with van der Waals surface area (Å²) in [7, 11) is 0. The average molecular weight is 292 g/mol. The molecule has 0 fully saturated rings. The second-order valence-corrected chi connectivity index (χ2v) is 5.71. The number of hydrogen-bond acceptors (Lipinski definition) is 3. The number of rotatable bonds is 3. The van der Waals surface area contributed by atoms with E-state index in [1.165, 1.54) is 16.2 Å². The quantitative estimate of drug-likeness (QED) is 0.580. The standard InChI is InChI=1S/C14H10ClNS2/c1-17-11-6-4-10(5-7-11)14(15)12(9-16)13-3-2-8-18-13/h2-8H,1H3. The number of benzene rings is 1. The third kappa shape index (κ3) is 2.78. The molecule has 0 unspecified atom stereocenters. The minimum absolute atomic E-state index is 0.507. The van der Waals surface area contributed by atoms with Gasteiger partial charge in [-0.1, -0.05) is 29.8 Å². The van der Waals surface area contributed by atoms with Gasteiger partial charge in [0.05, 0.1) is 10.6 Å². The normalized spacial score (nSPS) is 11.8. The SMILES string of the molecule is CSc1ccc(C(Cl)=C(C#N)c2cccs2)cc1. The van der Waals surface area contributed by atoms with Gasteiger partial charge in [0.1, 0.15) is 6.07 Å². The van der Waals surface area contributed by atoms with Crippen LogP contribution in [0.25, 0.3) is 10.6 Å². The highest BCUT2D eigenvalue weighted by molar-refractivity contribution is 7.98. The van der Waals surface area contributed by atoms with Crippen molar-refractivity contribution >= 4 is 45.3 Å². The molecule has 90 valence electrons. The van der Waals surface area contributed by atoms with E-state index in [4.69, 9.17) is 11.6 Å². The van der Waals surface area contributed by atoms with Crippen LogP contribution in [0.15, 0.2) is 46.7 Å². The Bertz CT molecular complexity index is 592. The fourth-order valence-corrected chi connectivity index (χ4v) is 2.98. The first-order chi connectivity index (χ1) is 8.76. The van der Waals surface area contributed by atoms with Crippen molar-refractivity contribution < 1.29 is 0 Å². The molecule has 4 heteroatoms. The Balaban J connectivity index is 2.44. The Labute approximate surface area is 120 Å². The molecule has 0 spiro atoms. The maximum Gasteiger partial charge on any atom is 0.102 e. The van der Waals surface area contributed by atoms with Gasteiger partial charge in [0.15, 0.2) is 0 Å². The Morgan fingerprint density at radius 2 is 2.00 bits per heavy atom. The number of thioether (sulfide) groups is 1. The molecular weight excluding hydrogens is 282 g/mol. The highest BCUT2D eigenvalue weighted by Crippen LogP contribution is 2.32. The molecule has 1 nitrogen and oxygen atoms in total. The molecule has 2 aromatic rings. The molecule has 0 saturated heterocycles. The summed E-state index contributed by atoms with van der Waals surface area (Å²) >= 11 is 9.51. The first-order valence-corrected chi connectivity index (χ1v) is 7.72. The third-order valence-electron chi connectivity index (χ3n) is 2.44. The van der Waals surface area contributed by atoms with Gasteiger partial charge in [0.25, 0.3) is 0 Å². The Morgan fingerprint density at radius 3 is 2.50 bits per heavy atom. The van der Waals surface area contributed by atoms with Gasteiger partial charge >= 0.3 is 0 Å². The van der Waals surface area contributed by atoms with E-state index in [1.54, 1.807) is 11.8 Å². The maximum absolute atomic E-state index is 9.24. The topological polar surface area (TPSA) is 23.8 Å². The molecule has 0 aliphatic heterocycles. The molecule has 0 aliphatic rings. The average Bonchev–Trinajstić information content (AvgIpc) is 2.93. The summed E-state index contributed by atoms with van der Waals surface area (Å²) in [5, 5.41) is 11.7. The van der Waals surface area contributed by atoms with Crippen LogP contribution in [-0.2, 0) is 0 Å². The van der Waals surface area contributed by atoms with E-state index >= 15 is 0 Å². The van der Waals surface area contributed by atoms with Crippen LogP contribution < -0.4 is 0 Å². The van der Waals surface area contributed by atoms with Crippen LogP contribution >= 0.6 is 34.7 Å². The number of allylic oxidation sites excluding steroid dienone is 1. The first kappa shape index (κ1) is 13.2. The Kier molecular flexibility index (Phi) is 4.48. The molecule has 0 bridgehead atoms. The largest absolute Gasteiger partial charge is 0.192 e. The van der Waals surface area contributed by atoms with Gasteiger partial charge in [-0.2, -0.15) is 5.26 Å². The zero-order valence-electron chi connectivity index (χ0n) is 9.68. The number of nitriles is 1. The first-order valence-electron chi connectivity index (χ1n) is 5.24. The van der Waals surface area contributed by atoms with Crippen LogP contribution in [-0.4, -0.2) is 6.26 Å². The Hall–Kier alpha value is -1.21. The lowest BCUT2D eigenvalue weighted by Gasteiger charge is -2.03. The van der Waals surface area contributed by atoms with Crippen LogP contribution in [0.1, 0.15) is 10.4 Å². The maximum atomic E-state index is 9.24. The lowest BCUT2D eigenvalue weighted by molar-refractivity contribution is 1.45. The summed E-state index contributed by atoms with van der Waals surface area (Å²) in [5.41, 5.74) is 1.41. The van der Waals surface area contributed by atoms with Gasteiger partial charge in [-0.05, 0) is 35.4 Å². The lowest BCUT2D eigenvalue weighted by atomic mass is 10.1. The smallest absolute Gasteiger partial charge is 0.102 e. The fraction of sp³-hybridized carbons (Fsp3) is 0.0714. The fourth-order valence-electron chi connectivity index (χ4n) is 1.51. The minimum Gasteiger partial charge on any atom is -0.192 e. The second kappa shape index (κ2) is 6.10. The van der Waals surface area contributed by atoms with E-state index in [9.17, 15) is 5.26 Å². The minimum atomic E-state index is 0.507. The van der Waals surface area contributed by atoms with E-state index in [1.807, 2.05) is 48.0 Å². The summed E-state index contributed by atoms with van der Waals surface area (Å²) in [6.07, 6.45) is 2.03. The molecule has 2 rings (SSSR count). The van der Waals surface area contributed by atoms with E-state index in [-0.39, 0.29) is 0 Å². The van der Waals surface area contributed by atoms with E-state index in [2.05, 4.69) is 6.07 Å². The third-order valence-corrected chi connectivity index (χ3v) is 4.48. The summed E-state index contributed by atoms with van der Waals surface area (Å²) in [4.78, 5) is 2.08. The van der Waals surface area contributed by atoms with Gasteiger partial charge in [-0.3, -0.25) is 0 Å². The molecule has 1 aromatic carbocycles. The van der Waals surface area contributed by atoms with Gasteiger partial charge in [0.2, 0.25) is 0 Å².